The Balaban J connectivity index is 0.982. The minimum absolute atomic E-state index is 0.452. The molecule has 11 rings (SSSR count). The lowest BCUT2D eigenvalue weighted by molar-refractivity contribution is 0.669. The van der Waals surface area contributed by atoms with Gasteiger partial charge in [-0.25, -0.2) is 9.98 Å². The van der Waals surface area contributed by atoms with Crippen LogP contribution in [0.25, 0.3) is 87.6 Å². The fraction of sp³-hybridized carbons (Fsp3) is 0.0172. The van der Waals surface area contributed by atoms with Crippen LogP contribution in [0.15, 0.2) is 232 Å². The summed E-state index contributed by atoms with van der Waals surface area (Å²) in [6.45, 7) is 4.34. The van der Waals surface area contributed by atoms with Crippen LogP contribution in [-0.2, 0) is 6.54 Å². The number of nitrogens with zero attached hydrogens (tertiary/aromatic N) is 3. The average Bonchev–Trinajstić information content (AvgIpc) is 3.72. The smallest absolute Gasteiger partial charge is 0.161 e. The first-order valence-corrected chi connectivity index (χ1v) is 20.9. The lowest BCUT2D eigenvalue weighted by Gasteiger charge is -2.10. The topological polar surface area (TPSA) is 50.2 Å². The second kappa shape index (κ2) is 15.8. The SMILES string of the molecule is C=N/C(=N\C(=N/Cc1ccc2c(ccc3ccccc32)c1)c1ccc2ccc(-c3cccc4oc5ccc(-c6ccc(-c7ccccc7)cc6)cc5c34)cc2c1)c1ccccc1. The highest BCUT2D eigenvalue weighted by Gasteiger charge is 2.15. The Bertz CT molecular complexity index is 3550. The third kappa shape index (κ3) is 6.94. The second-order valence-electron chi connectivity index (χ2n) is 15.7. The van der Waals surface area contributed by atoms with Crippen LogP contribution in [0.5, 0.6) is 0 Å². The van der Waals surface area contributed by atoms with Crippen molar-refractivity contribution in [2.45, 2.75) is 6.54 Å². The van der Waals surface area contributed by atoms with Crippen LogP contribution in [0.1, 0.15) is 16.7 Å². The molecule has 0 fully saturated rings. The molecule has 0 bridgehead atoms. The highest BCUT2D eigenvalue weighted by atomic mass is 16.3. The molecular weight excluding hydrogens is 755 g/mol. The number of furan rings is 1. The molecule has 4 nitrogen and oxygen atoms in total. The fourth-order valence-corrected chi connectivity index (χ4v) is 8.68. The number of fused-ring (bicyclic) bond motifs is 7. The van der Waals surface area contributed by atoms with Crippen LogP contribution in [0.2, 0.25) is 0 Å². The zero-order valence-corrected chi connectivity index (χ0v) is 33.9. The van der Waals surface area contributed by atoms with Crippen molar-refractivity contribution >= 4 is 72.6 Å². The number of hydrogen-bond acceptors (Lipinski definition) is 2. The predicted molar refractivity (Wildman–Crippen MR) is 262 cm³/mol. The summed E-state index contributed by atoms with van der Waals surface area (Å²) in [6.07, 6.45) is 0. The van der Waals surface area contributed by atoms with Gasteiger partial charge in [-0.2, -0.15) is 0 Å². The summed E-state index contributed by atoms with van der Waals surface area (Å²) in [5, 5.41) is 9.29. The third-order valence-electron chi connectivity index (χ3n) is 11.8. The van der Waals surface area contributed by atoms with Gasteiger partial charge >= 0.3 is 0 Å². The minimum Gasteiger partial charge on any atom is -0.456 e. The third-order valence-corrected chi connectivity index (χ3v) is 11.8. The number of amidine groups is 2. The molecule has 0 unspecified atom stereocenters. The van der Waals surface area contributed by atoms with E-state index in [4.69, 9.17) is 14.4 Å². The molecule has 4 heteroatoms. The van der Waals surface area contributed by atoms with E-state index in [0.29, 0.717) is 18.2 Å². The van der Waals surface area contributed by atoms with Gasteiger partial charge < -0.3 is 4.42 Å². The number of rotatable bonds is 7. The van der Waals surface area contributed by atoms with Crippen molar-refractivity contribution in [1.82, 2.24) is 0 Å². The van der Waals surface area contributed by atoms with Crippen LogP contribution in [0.4, 0.5) is 0 Å². The van der Waals surface area contributed by atoms with Crippen molar-refractivity contribution in [2.75, 3.05) is 0 Å². The zero-order chi connectivity index (χ0) is 41.4. The first-order valence-electron chi connectivity index (χ1n) is 20.9. The summed E-state index contributed by atoms with van der Waals surface area (Å²) >= 11 is 0. The molecule has 1 heterocycles. The van der Waals surface area contributed by atoms with Crippen molar-refractivity contribution < 1.29 is 4.42 Å². The zero-order valence-electron chi connectivity index (χ0n) is 33.9. The maximum Gasteiger partial charge on any atom is 0.161 e. The van der Waals surface area contributed by atoms with Gasteiger partial charge in [0.05, 0.1) is 6.54 Å². The van der Waals surface area contributed by atoms with Crippen molar-refractivity contribution in [3.05, 3.63) is 229 Å². The standard InChI is InChI=1S/C58H39N3O/c1-59-57(44-14-6-3-7-15-44)61-58(60-37-38-19-31-51-46(33-38)28-26-43-13-8-9-16-50(43)51)48-29-25-42-24-27-47(34-49(42)35-48)52-17-10-18-55-56(52)53-36-45(30-32-54(53)62-55)41-22-20-40(21-23-41)39-11-4-2-5-12-39/h2-36H,1,37H2/b60-58-,61-57-. The Kier molecular flexibility index (Phi) is 9.36. The molecule has 0 aliphatic heterocycles. The van der Waals surface area contributed by atoms with Crippen LogP contribution in [0, 0.1) is 0 Å². The molecule has 0 saturated carbocycles. The fourth-order valence-electron chi connectivity index (χ4n) is 8.68. The molecule has 11 aromatic rings. The molecule has 0 atom stereocenters. The molecule has 62 heavy (non-hydrogen) atoms. The van der Waals surface area contributed by atoms with Gasteiger partial charge in [0, 0.05) is 21.9 Å². The van der Waals surface area contributed by atoms with Gasteiger partial charge in [0.2, 0.25) is 0 Å². The molecule has 0 aliphatic rings. The van der Waals surface area contributed by atoms with Gasteiger partial charge in [-0.05, 0) is 114 Å². The normalized spacial score (nSPS) is 12.2. The Hall–Kier alpha value is -8.21. The van der Waals surface area contributed by atoms with Gasteiger partial charge in [0.25, 0.3) is 0 Å². The van der Waals surface area contributed by atoms with Gasteiger partial charge in [0.1, 0.15) is 11.2 Å². The highest BCUT2D eigenvalue weighted by Crippen LogP contribution is 2.39. The summed E-state index contributed by atoms with van der Waals surface area (Å²) < 4.78 is 6.47. The first kappa shape index (κ1) is 36.8. The van der Waals surface area contributed by atoms with Crippen molar-refractivity contribution in [3.63, 3.8) is 0 Å². The number of hydrogen-bond donors (Lipinski definition) is 0. The van der Waals surface area contributed by atoms with E-state index in [9.17, 15) is 0 Å². The van der Waals surface area contributed by atoms with Crippen LogP contribution in [0.3, 0.4) is 0 Å². The molecule has 292 valence electrons. The number of benzene rings is 10. The summed E-state index contributed by atoms with van der Waals surface area (Å²) in [5.41, 5.74) is 11.5. The molecular formula is C58H39N3O. The van der Waals surface area contributed by atoms with Gasteiger partial charge in [0.15, 0.2) is 11.7 Å². The van der Waals surface area contributed by atoms with E-state index in [1.54, 1.807) is 0 Å². The Labute approximate surface area is 359 Å². The highest BCUT2D eigenvalue weighted by molar-refractivity contribution is 6.15. The monoisotopic (exact) mass is 793 g/mol. The maximum absolute atomic E-state index is 6.47. The lowest BCUT2D eigenvalue weighted by Crippen LogP contribution is -2.05. The summed E-state index contributed by atoms with van der Waals surface area (Å²) in [4.78, 5) is 14.6. The van der Waals surface area contributed by atoms with E-state index in [1.807, 2.05) is 36.4 Å². The largest absolute Gasteiger partial charge is 0.456 e. The van der Waals surface area contributed by atoms with Crippen molar-refractivity contribution in [2.24, 2.45) is 15.0 Å². The molecule has 0 N–H and O–H groups in total. The molecule has 0 amide bonds. The van der Waals surface area contributed by atoms with E-state index in [1.165, 1.54) is 32.7 Å². The quantitative estimate of drug-likeness (QED) is 0.0901. The molecule has 0 saturated heterocycles. The van der Waals surface area contributed by atoms with E-state index in [-0.39, 0.29) is 0 Å². The first-order chi connectivity index (χ1) is 30.6. The molecule has 0 radical (unpaired) electrons. The Morgan fingerprint density at radius 2 is 1.08 bits per heavy atom. The van der Waals surface area contributed by atoms with Crippen LogP contribution < -0.4 is 0 Å². The Morgan fingerprint density at radius 3 is 1.92 bits per heavy atom. The summed E-state index contributed by atoms with van der Waals surface area (Å²) in [6, 6.07) is 74.6. The second-order valence-corrected chi connectivity index (χ2v) is 15.7. The van der Waals surface area contributed by atoms with Crippen LogP contribution in [-0.4, -0.2) is 18.4 Å². The van der Waals surface area contributed by atoms with Crippen LogP contribution >= 0.6 is 0 Å². The lowest BCUT2D eigenvalue weighted by atomic mass is 9.95. The van der Waals surface area contributed by atoms with Gasteiger partial charge in [-0.3, -0.25) is 4.99 Å². The van der Waals surface area contributed by atoms with Crippen molar-refractivity contribution in [1.29, 1.82) is 0 Å². The van der Waals surface area contributed by atoms with E-state index < -0.39 is 0 Å². The summed E-state index contributed by atoms with van der Waals surface area (Å²) in [5.74, 6) is 1.11. The molecule has 1 aromatic heterocycles. The maximum atomic E-state index is 6.47. The van der Waals surface area contributed by atoms with Crippen molar-refractivity contribution in [3.8, 4) is 33.4 Å². The van der Waals surface area contributed by atoms with E-state index >= 15 is 0 Å². The number of aliphatic imine (C=N–C) groups is 3. The predicted octanol–water partition coefficient (Wildman–Crippen LogP) is 15.1. The van der Waals surface area contributed by atoms with E-state index in [2.05, 4.69) is 188 Å². The van der Waals surface area contributed by atoms with E-state index in [0.717, 1.165) is 71.7 Å². The van der Waals surface area contributed by atoms with Gasteiger partial charge in [-0.15, -0.1) is 0 Å². The van der Waals surface area contributed by atoms with Gasteiger partial charge in [-0.1, -0.05) is 176 Å². The summed E-state index contributed by atoms with van der Waals surface area (Å²) in [7, 11) is 0. The molecule has 0 aliphatic carbocycles. The minimum atomic E-state index is 0.452. The molecule has 0 spiro atoms. The average molecular weight is 794 g/mol. The molecule has 10 aromatic carbocycles. The Morgan fingerprint density at radius 1 is 0.403 bits per heavy atom.